The molecule has 0 aromatic heterocycles. The van der Waals surface area contributed by atoms with E-state index in [0.29, 0.717) is 13.0 Å². The van der Waals surface area contributed by atoms with Crippen LogP contribution in [0, 0.1) is 0 Å². The number of nitrogens with one attached hydrogen (secondary N) is 1. The van der Waals surface area contributed by atoms with Gasteiger partial charge in [0.05, 0.1) is 0 Å². The predicted molar refractivity (Wildman–Crippen MR) is 30.4 cm³/mol. The topological polar surface area (TPSA) is 38.0 Å². The fourth-order valence-corrected chi connectivity index (χ4v) is 0.851. The summed E-state index contributed by atoms with van der Waals surface area (Å²) in [7, 11) is 0. The van der Waals surface area contributed by atoms with Gasteiger partial charge in [0, 0.05) is 12.6 Å². The van der Waals surface area contributed by atoms with Crippen LogP contribution in [0.3, 0.4) is 0 Å². The lowest BCUT2D eigenvalue weighted by molar-refractivity contribution is 0.229. The zero-order chi connectivity index (χ0) is 5.98. The molecule has 1 fully saturated rings. The number of halogens is 1. The Morgan fingerprint density at radius 2 is 2.38 bits per heavy atom. The lowest BCUT2D eigenvalue weighted by Crippen LogP contribution is -2.47. The number of hydrogen-bond acceptors (Lipinski definition) is 2. The molecule has 0 aromatic carbocycles. The van der Waals surface area contributed by atoms with Crippen LogP contribution in [0.25, 0.3) is 0 Å². The van der Waals surface area contributed by atoms with E-state index in [9.17, 15) is 4.39 Å². The maximum Gasteiger partial charge on any atom is 0.118 e. The van der Waals surface area contributed by atoms with E-state index in [2.05, 4.69) is 5.32 Å². The average molecular weight is 118 g/mol. The van der Waals surface area contributed by atoms with Gasteiger partial charge in [-0.05, 0) is 13.0 Å². The first-order valence-corrected chi connectivity index (χ1v) is 2.91. The average Bonchev–Trinajstić information content (AvgIpc) is 1.77. The van der Waals surface area contributed by atoms with Crippen LogP contribution in [0.15, 0.2) is 0 Å². The van der Waals surface area contributed by atoms with E-state index in [1.165, 1.54) is 0 Å². The molecule has 0 aliphatic carbocycles. The number of piperidine rings is 1. The van der Waals surface area contributed by atoms with Gasteiger partial charge >= 0.3 is 0 Å². The van der Waals surface area contributed by atoms with Crippen LogP contribution < -0.4 is 11.1 Å². The van der Waals surface area contributed by atoms with Gasteiger partial charge in [-0.3, -0.25) is 0 Å². The normalized spacial score (nSPS) is 39.8. The SMILES string of the molecule is N[C@@H]1CNCC[C@@H]1F. The minimum Gasteiger partial charge on any atom is -0.324 e. The highest BCUT2D eigenvalue weighted by molar-refractivity contribution is 4.79. The quantitative estimate of drug-likeness (QED) is 0.456. The second-order valence-electron chi connectivity index (χ2n) is 2.17. The van der Waals surface area contributed by atoms with Gasteiger partial charge in [-0.15, -0.1) is 0 Å². The van der Waals surface area contributed by atoms with E-state index in [1.807, 2.05) is 0 Å². The first-order valence-electron chi connectivity index (χ1n) is 2.91. The summed E-state index contributed by atoms with van der Waals surface area (Å²) >= 11 is 0. The first kappa shape index (κ1) is 5.98. The Morgan fingerprint density at radius 1 is 1.62 bits per heavy atom. The van der Waals surface area contributed by atoms with Gasteiger partial charge in [-0.1, -0.05) is 0 Å². The lowest BCUT2D eigenvalue weighted by Gasteiger charge is -2.22. The van der Waals surface area contributed by atoms with Crippen molar-refractivity contribution in [2.24, 2.45) is 5.73 Å². The molecule has 1 saturated heterocycles. The summed E-state index contributed by atoms with van der Waals surface area (Å²) in [5.74, 6) is 0. The minimum atomic E-state index is -0.781. The van der Waals surface area contributed by atoms with Gasteiger partial charge in [0.2, 0.25) is 0 Å². The molecule has 1 aliphatic heterocycles. The Balaban J connectivity index is 2.28. The van der Waals surface area contributed by atoms with Crippen molar-refractivity contribution >= 4 is 0 Å². The zero-order valence-electron chi connectivity index (χ0n) is 4.73. The van der Waals surface area contributed by atoms with E-state index >= 15 is 0 Å². The Bertz CT molecular complexity index is 66.8. The number of hydrogen-bond donors (Lipinski definition) is 2. The molecule has 0 spiro atoms. The predicted octanol–water partition coefficient (Wildman–Crippen LogP) is -0.355. The smallest absolute Gasteiger partial charge is 0.118 e. The zero-order valence-corrected chi connectivity index (χ0v) is 4.73. The highest BCUT2D eigenvalue weighted by atomic mass is 19.1. The van der Waals surface area contributed by atoms with Crippen LogP contribution in [0.2, 0.25) is 0 Å². The number of rotatable bonds is 0. The molecule has 1 heterocycles. The van der Waals surface area contributed by atoms with E-state index in [0.717, 1.165) is 6.54 Å². The van der Waals surface area contributed by atoms with Crippen LogP contribution in [-0.4, -0.2) is 25.3 Å². The van der Waals surface area contributed by atoms with Crippen molar-refractivity contribution in [2.45, 2.75) is 18.6 Å². The molecule has 3 heteroatoms. The Hall–Kier alpha value is -0.150. The van der Waals surface area contributed by atoms with Crippen LogP contribution in [-0.2, 0) is 0 Å². The lowest BCUT2D eigenvalue weighted by atomic mass is 10.1. The van der Waals surface area contributed by atoms with Crippen molar-refractivity contribution < 1.29 is 4.39 Å². The molecule has 0 aromatic rings. The summed E-state index contributed by atoms with van der Waals surface area (Å²) in [6.45, 7) is 1.40. The van der Waals surface area contributed by atoms with Crippen LogP contribution in [0.1, 0.15) is 6.42 Å². The first-order chi connectivity index (χ1) is 3.80. The highest BCUT2D eigenvalue weighted by Crippen LogP contribution is 2.04. The molecule has 3 N–H and O–H groups in total. The van der Waals surface area contributed by atoms with E-state index in [-0.39, 0.29) is 6.04 Å². The molecule has 2 nitrogen and oxygen atoms in total. The van der Waals surface area contributed by atoms with Gasteiger partial charge in [-0.2, -0.15) is 0 Å². The summed E-state index contributed by atoms with van der Waals surface area (Å²) < 4.78 is 12.4. The number of nitrogens with two attached hydrogens (primary N) is 1. The standard InChI is InChI=1S/C5H11FN2/c6-4-1-2-8-3-5(4)7/h4-5,8H,1-3,7H2/t4-,5+/m0/s1. The molecule has 2 atom stereocenters. The molecular formula is C5H11FN2. The highest BCUT2D eigenvalue weighted by Gasteiger charge is 2.19. The molecule has 8 heavy (non-hydrogen) atoms. The minimum absolute atomic E-state index is 0.274. The second-order valence-corrected chi connectivity index (χ2v) is 2.17. The van der Waals surface area contributed by atoms with Gasteiger partial charge in [-0.25, -0.2) is 4.39 Å². The Labute approximate surface area is 48.2 Å². The Morgan fingerprint density at radius 3 is 2.75 bits per heavy atom. The van der Waals surface area contributed by atoms with Crippen molar-refractivity contribution in [3.63, 3.8) is 0 Å². The van der Waals surface area contributed by atoms with Crippen molar-refractivity contribution in [1.29, 1.82) is 0 Å². The van der Waals surface area contributed by atoms with Gasteiger partial charge < -0.3 is 11.1 Å². The molecule has 48 valence electrons. The monoisotopic (exact) mass is 118 g/mol. The maximum absolute atomic E-state index is 12.4. The molecular weight excluding hydrogens is 107 g/mol. The molecule has 1 rings (SSSR count). The Kier molecular flexibility index (Phi) is 1.81. The van der Waals surface area contributed by atoms with Crippen molar-refractivity contribution in [2.75, 3.05) is 13.1 Å². The molecule has 0 saturated carbocycles. The fraction of sp³-hybridized carbons (Fsp3) is 1.00. The van der Waals surface area contributed by atoms with Gasteiger partial charge in [0.15, 0.2) is 0 Å². The molecule has 0 unspecified atom stereocenters. The molecule has 0 radical (unpaired) electrons. The van der Waals surface area contributed by atoms with Gasteiger partial charge in [0.1, 0.15) is 6.17 Å². The largest absolute Gasteiger partial charge is 0.324 e. The van der Waals surface area contributed by atoms with Crippen LogP contribution in [0.4, 0.5) is 4.39 Å². The molecule has 1 aliphatic rings. The third-order valence-corrected chi connectivity index (χ3v) is 1.44. The van der Waals surface area contributed by atoms with Gasteiger partial charge in [0.25, 0.3) is 0 Å². The van der Waals surface area contributed by atoms with Crippen LogP contribution >= 0.6 is 0 Å². The van der Waals surface area contributed by atoms with E-state index in [4.69, 9.17) is 5.73 Å². The van der Waals surface area contributed by atoms with Crippen molar-refractivity contribution in [3.05, 3.63) is 0 Å². The maximum atomic E-state index is 12.4. The fourth-order valence-electron chi connectivity index (χ4n) is 0.851. The van der Waals surface area contributed by atoms with Crippen molar-refractivity contribution in [3.8, 4) is 0 Å². The third-order valence-electron chi connectivity index (χ3n) is 1.44. The van der Waals surface area contributed by atoms with E-state index in [1.54, 1.807) is 0 Å². The number of alkyl halides is 1. The third kappa shape index (κ3) is 1.17. The summed E-state index contributed by atoms with van der Waals surface area (Å²) in [6.07, 6.45) is -0.211. The summed E-state index contributed by atoms with van der Waals surface area (Å²) in [4.78, 5) is 0. The van der Waals surface area contributed by atoms with E-state index < -0.39 is 6.17 Å². The van der Waals surface area contributed by atoms with Crippen molar-refractivity contribution in [1.82, 2.24) is 5.32 Å². The second kappa shape index (κ2) is 2.42. The summed E-state index contributed by atoms with van der Waals surface area (Å²) in [6, 6.07) is -0.274. The van der Waals surface area contributed by atoms with Crippen LogP contribution in [0.5, 0.6) is 0 Å². The summed E-state index contributed by atoms with van der Waals surface area (Å²) in [5, 5.41) is 3.00. The molecule has 0 amide bonds. The summed E-state index contributed by atoms with van der Waals surface area (Å²) in [5.41, 5.74) is 5.34. The molecule has 0 bridgehead atoms.